The average Bonchev–Trinajstić information content (AvgIpc) is 2.26. The van der Waals surface area contributed by atoms with Crippen LogP contribution in [0.3, 0.4) is 0 Å². The number of pyridine rings is 1. The number of nitrogens with zero attached hydrogens (tertiary/aromatic N) is 1. The third kappa shape index (κ3) is 5.97. The summed E-state index contributed by atoms with van der Waals surface area (Å²) in [7, 11) is 0. The second-order valence-electron chi connectivity index (χ2n) is 3.20. The highest BCUT2D eigenvalue weighted by molar-refractivity contribution is 9.10. The van der Waals surface area contributed by atoms with Gasteiger partial charge in [-0.05, 0) is 22.0 Å². The molecule has 0 N–H and O–H groups in total. The fourth-order valence-electron chi connectivity index (χ4n) is 0.988. The molecule has 0 aromatic carbocycles. The second kappa shape index (κ2) is 6.69. The number of halogens is 4. The van der Waals surface area contributed by atoms with Crippen molar-refractivity contribution in [3.05, 3.63) is 28.5 Å². The van der Waals surface area contributed by atoms with Gasteiger partial charge >= 0.3 is 12.1 Å². The lowest BCUT2D eigenvalue weighted by Crippen LogP contribution is -2.19. The maximum Gasteiger partial charge on any atom is 0.411 e. The lowest BCUT2D eigenvalue weighted by Gasteiger charge is -2.08. The molecule has 0 unspecified atom stereocenters. The zero-order valence-electron chi connectivity index (χ0n) is 9.04. The number of hydrogen-bond donors (Lipinski definition) is 0. The van der Waals surface area contributed by atoms with Crippen LogP contribution in [-0.4, -0.2) is 37.0 Å². The van der Waals surface area contributed by atoms with E-state index in [0.717, 1.165) is 0 Å². The van der Waals surface area contributed by atoms with Crippen LogP contribution in [0.1, 0.15) is 10.4 Å². The molecule has 100 valence electrons. The van der Waals surface area contributed by atoms with Crippen molar-refractivity contribution < 1.29 is 27.4 Å². The molecule has 0 atom stereocenters. The normalized spacial score (nSPS) is 11.3. The molecule has 8 heteroatoms. The molecule has 1 rings (SSSR count). The predicted octanol–water partition coefficient (Wildman–Crippen LogP) is 2.58. The minimum atomic E-state index is -4.38. The maximum absolute atomic E-state index is 11.7. The summed E-state index contributed by atoms with van der Waals surface area (Å²) in [6.07, 6.45) is -1.59. The molecule has 1 heterocycles. The summed E-state index contributed by atoms with van der Waals surface area (Å²) >= 11 is 3.13. The fourth-order valence-corrected chi connectivity index (χ4v) is 1.35. The van der Waals surface area contributed by atoms with E-state index in [1.54, 1.807) is 0 Å². The monoisotopic (exact) mass is 327 g/mol. The van der Waals surface area contributed by atoms with Crippen LogP contribution < -0.4 is 0 Å². The van der Waals surface area contributed by atoms with E-state index in [-0.39, 0.29) is 18.8 Å². The van der Waals surface area contributed by atoms with Crippen molar-refractivity contribution in [2.24, 2.45) is 0 Å². The Balaban J connectivity index is 2.26. The summed E-state index contributed by atoms with van der Waals surface area (Å²) in [5.74, 6) is -0.667. The molecule has 0 aliphatic rings. The molecule has 0 bridgehead atoms. The van der Waals surface area contributed by atoms with Gasteiger partial charge in [-0.2, -0.15) is 13.2 Å². The third-order valence-corrected chi connectivity index (χ3v) is 2.10. The lowest BCUT2D eigenvalue weighted by atomic mass is 10.3. The Morgan fingerprint density at radius 3 is 2.67 bits per heavy atom. The Hall–Kier alpha value is -1.15. The first-order chi connectivity index (χ1) is 8.38. The van der Waals surface area contributed by atoms with Gasteiger partial charge in [0.1, 0.15) is 13.2 Å². The zero-order chi connectivity index (χ0) is 13.6. The molecule has 0 fully saturated rings. The number of carbonyl (C=O) groups excluding carboxylic acids is 1. The first-order valence-electron chi connectivity index (χ1n) is 4.80. The summed E-state index contributed by atoms with van der Waals surface area (Å²) in [6, 6.07) is 1.49. The number of hydrogen-bond acceptors (Lipinski definition) is 4. The molecule has 0 spiro atoms. The van der Waals surface area contributed by atoms with Crippen molar-refractivity contribution >= 4 is 21.9 Å². The van der Waals surface area contributed by atoms with Crippen molar-refractivity contribution in [2.75, 3.05) is 19.8 Å². The smallest absolute Gasteiger partial charge is 0.411 e. The molecule has 0 saturated heterocycles. The standard InChI is InChI=1S/C10H9BrF3NO3/c11-8-3-7(4-15-5-8)9(16)18-2-1-17-6-10(12,13)14/h3-5H,1-2,6H2. The first kappa shape index (κ1) is 14.9. The van der Waals surface area contributed by atoms with Crippen LogP contribution in [0.5, 0.6) is 0 Å². The van der Waals surface area contributed by atoms with Gasteiger partial charge in [-0.1, -0.05) is 0 Å². The van der Waals surface area contributed by atoms with E-state index in [0.29, 0.717) is 4.47 Å². The molecule has 4 nitrogen and oxygen atoms in total. The lowest BCUT2D eigenvalue weighted by molar-refractivity contribution is -0.175. The Labute approximate surface area is 109 Å². The predicted molar refractivity (Wildman–Crippen MR) is 59.1 cm³/mol. The summed E-state index contributed by atoms with van der Waals surface area (Å²) in [5, 5.41) is 0. The van der Waals surface area contributed by atoms with Gasteiger partial charge in [-0.15, -0.1) is 0 Å². The van der Waals surface area contributed by atoms with Crippen molar-refractivity contribution in [2.45, 2.75) is 6.18 Å². The van der Waals surface area contributed by atoms with E-state index in [9.17, 15) is 18.0 Å². The van der Waals surface area contributed by atoms with Gasteiger partial charge in [-0.3, -0.25) is 4.98 Å². The minimum absolute atomic E-state index is 0.209. The number of ether oxygens (including phenoxy) is 2. The van der Waals surface area contributed by atoms with Gasteiger partial charge in [0.05, 0.1) is 12.2 Å². The molecule has 0 aliphatic heterocycles. The van der Waals surface area contributed by atoms with Crippen molar-refractivity contribution in [3.63, 3.8) is 0 Å². The minimum Gasteiger partial charge on any atom is -0.460 e. The number of alkyl halides is 3. The van der Waals surface area contributed by atoms with Crippen LogP contribution in [0.25, 0.3) is 0 Å². The highest BCUT2D eigenvalue weighted by atomic mass is 79.9. The second-order valence-corrected chi connectivity index (χ2v) is 4.11. The van der Waals surface area contributed by atoms with Crippen LogP contribution >= 0.6 is 15.9 Å². The number of rotatable bonds is 5. The van der Waals surface area contributed by atoms with Gasteiger partial charge in [0.2, 0.25) is 0 Å². The van der Waals surface area contributed by atoms with Crippen LogP contribution in [-0.2, 0) is 9.47 Å². The van der Waals surface area contributed by atoms with E-state index in [1.807, 2.05) is 0 Å². The van der Waals surface area contributed by atoms with Crippen LogP contribution in [0, 0.1) is 0 Å². The van der Waals surface area contributed by atoms with Crippen LogP contribution in [0.15, 0.2) is 22.9 Å². The Morgan fingerprint density at radius 1 is 1.33 bits per heavy atom. The number of esters is 1. The molecular formula is C10H9BrF3NO3. The van der Waals surface area contributed by atoms with Gasteiger partial charge in [0, 0.05) is 16.9 Å². The molecule has 0 radical (unpaired) electrons. The van der Waals surface area contributed by atoms with Gasteiger partial charge in [0.25, 0.3) is 0 Å². The zero-order valence-corrected chi connectivity index (χ0v) is 10.6. The van der Waals surface area contributed by atoms with Gasteiger partial charge in [0.15, 0.2) is 0 Å². The largest absolute Gasteiger partial charge is 0.460 e. The van der Waals surface area contributed by atoms with E-state index in [4.69, 9.17) is 4.74 Å². The molecular weight excluding hydrogens is 319 g/mol. The van der Waals surface area contributed by atoms with Crippen LogP contribution in [0.2, 0.25) is 0 Å². The van der Waals surface area contributed by atoms with Crippen molar-refractivity contribution in [3.8, 4) is 0 Å². The van der Waals surface area contributed by atoms with Crippen molar-refractivity contribution in [1.29, 1.82) is 0 Å². The SMILES string of the molecule is O=C(OCCOCC(F)(F)F)c1cncc(Br)c1. The van der Waals surface area contributed by atoms with Gasteiger partial charge in [-0.25, -0.2) is 4.79 Å². The van der Waals surface area contributed by atoms with Gasteiger partial charge < -0.3 is 9.47 Å². The molecule has 1 aromatic heterocycles. The van der Waals surface area contributed by atoms with Crippen LogP contribution in [0.4, 0.5) is 13.2 Å². The Morgan fingerprint density at radius 2 is 2.06 bits per heavy atom. The molecule has 0 aliphatic carbocycles. The Kier molecular flexibility index (Phi) is 5.54. The average molecular weight is 328 g/mol. The van der Waals surface area contributed by atoms with Crippen molar-refractivity contribution in [1.82, 2.24) is 4.98 Å². The molecule has 0 amide bonds. The number of carbonyl (C=O) groups is 1. The summed E-state index contributed by atoms with van der Waals surface area (Å²) in [4.78, 5) is 15.2. The van der Waals surface area contributed by atoms with E-state index in [1.165, 1.54) is 18.5 Å². The molecule has 0 saturated carbocycles. The fraction of sp³-hybridized carbons (Fsp3) is 0.400. The Bertz CT molecular complexity index is 412. The van der Waals surface area contributed by atoms with E-state index in [2.05, 4.69) is 25.7 Å². The van der Waals surface area contributed by atoms with E-state index >= 15 is 0 Å². The molecule has 18 heavy (non-hydrogen) atoms. The highest BCUT2D eigenvalue weighted by Crippen LogP contribution is 2.14. The first-order valence-corrected chi connectivity index (χ1v) is 5.60. The molecule has 1 aromatic rings. The summed E-state index contributed by atoms with van der Waals surface area (Å²) in [5.41, 5.74) is 0.209. The topological polar surface area (TPSA) is 48.4 Å². The van der Waals surface area contributed by atoms with E-state index < -0.39 is 18.8 Å². The summed E-state index contributed by atoms with van der Waals surface area (Å²) < 4.78 is 44.7. The number of aromatic nitrogens is 1. The summed E-state index contributed by atoms with van der Waals surface area (Å²) in [6.45, 7) is -1.92. The highest BCUT2D eigenvalue weighted by Gasteiger charge is 2.27. The third-order valence-electron chi connectivity index (χ3n) is 1.67. The quantitative estimate of drug-likeness (QED) is 0.616. The maximum atomic E-state index is 11.7.